The molecule has 2 aromatic heterocycles. The molecule has 0 atom stereocenters. The molecule has 1 N–H and O–H groups in total. The van der Waals surface area contributed by atoms with Gasteiger partial charge in [-0.2, -0.15) is 0 Å². The number of aromatic nitrogens is 1. The number of hydrogen-bond acceptors (Lipinski definition) is 6. The van der Waals surface area contributed by atoms with E-state index in [-0.39, 0.29) is 22.3 Å². The van der Waals surface area contributed by atoms with E-state index < -0.39 is 15.7 Å². The third-order valence-corrected chi connectivity index (χ3v) is 7.80. The van der Waals surface area contributed by atoms with E-state index in [4.69, 9.17) is 4.42 Å². The Morgan fingerprint density at radius 2 is 1.69 bits per heavy atom. The summed E-state index contributed by atoms with van der Waals surface area (Å²) in [5.41, 5.74) is 2.10. The summed E-state index contributed by atoms with van der Waals surface area (Å²) in [5.74, 6) is -0.673. The van der Waals surface area contributed by atoms with E-state index in [1.807, 2.05) is 30.3 Å². The highest BCUT2D eigenvalue weighted by Gasteiger charge is 2.24. The summed E-state index contributed by atoms with van der Waals surface area (Å²) in [6.07, 6.45) is 1.32. The van der Waals surface area contributed by atoms with E-state index in [0.717, 1.165) is 16.1 Å². The number of carbonyl (C=O) groups is 1. The minimum atomic E-state index is -3.62. The highest BCUT2D eigenvalue weighted by Crippen LogP contribution is 2.36. The average Bonchev–Trinajstić information content (AvgIpc) is 3.42. The van der Waals surface area contributed by atoms with Crippen molar-refractivity contribution in [3.05, 3.63) is 89.2 Å². The van der Waals surface area contributed by atoms with Gasteiger partial charge in [0.1, 0.15) is 0 Å². The summed E-state index contributed by atoms with van der Waals surface area (Å²) in [4.78, 5) is 18.8. The number of furan rings is 1. The van der Waals surface area contributed by atoms with E-state index in [0.29, 0.717) is 10.7 Å². The smallest absolute Gasteiger partial charge is 0.293 e. The molecule has 2 aromatic carbocycles. The van der Waals surface area contributed by atoms with Crippen LogP contribution in [-0.4, -0.2) is 19.3 Å². The number of thiazole rings is 1. The Morgan fingerprint density at radius 1 is 1.03 bits per heavy atom. The second-order valence-corrected chi connectivity index (χ2v) is 10.6. The lowest BCUT2D eigenvalue weighted by Gasteiger charge is -2.05. The number of nitrogens with one attached hydrogen (secondary N) is 1. The molecule has 0 fully saturated rings. The SMILES string of the molecule is CC(C)c1sc(NC(=O)c2occc2CS(=O)(=O)c2ccccc2)nc1-c1ccccc1. The van der Waals surface area contributed by atoms with Crippen LogP contribution >= 0.6 is 11.3 Å². The Kier molecular flexibility index (Phi) is 6.25. The van der Waals surface area contributed by atoms with Crippen LogP contribution < -0.4 is 5.32 Å². The second-order valence-electron chi connectivity index (χ2n) is 7.55. The standard InChI is InChI=1S/C24H22N2O4S2/c1-16(2)22-20(17-9-5-3-6-10-17)25-24(31-22)26-23(27)21-18(13-14-30-21)15-32(28,29)19-11-7-4-8-12-19/h3-14,16H,15H2,1-2H3,(H,25,26,27). The van der Waals surface area contributed by atoms with Crippen molar-refractivity contribution in [1.82, 2.24) is 4.98 Å². The molecule has 164 valence electrons. The molecule has 1 amide bonds. The van der Waals surface area contributed by atoms with E-state index in [9.17, 15) is 13.2 Å². The molecule has 0 bridgehead atoms. The summed E-state index contributed by atoms with van der Waals surface area (Å²) in [6, 6.07) is 19.4. The number of hydrogen-bond donors (Lipinski definition) is 1. The van der Waals surface area contributed by atoms with E-state index in [1.165, 1.54) is 35.8 Å². The van der Waals surface area contributed by atoms with Crippen molar-refractivity contribution in [3.8, 4) is 11.3 Å². The van der Waals surface area contributed by atoms with Crippen LogP contribution in [-0.2, 0) is 15.6 Å². The molecule has 4 rings (SSSR count). The van der Waals surface area contributed by atoms with Gasteiger partial charge in [0.2, 0.25) is 0 Å². The molecule has 0 unspecified atom stereocenters. The fourth-order valence-electron chi connectivity index (χ4n) is 3.30. The van der Waals surface area contributed by atoms with Crippen molar-refractivity contribution >= 4 is 32.2 Å². The van der Waals surface area contributed by atoms with Crippen molar-refractivity contribution in [3.63, 3.8) is 0 Å². The third kappa shape index (κ3) is 4.66. The summed E-state index contributed by atoms with van der Waals surface area (Å²) < 4.78 is 30.8. The van der Waals surface area contributed by atoms with Crippen LogP contribution in [0.15, 0.2) is 82.3 Å². The first-order valence-electron chi connectivity index (χ1n) is 10.1. The van der Waals surface area contributed by atoms with Crippen LogP contribution in [0.3, 0.4) is 0 Å². The predicted octanol–water partition coefficient (Wildman–Crippen LogP) is 5.75. The maximum Gasteiger partial charge on any atom is 0.293 e. The van der Waals surface area contributed by atoms with Gasteiger partial charge in [0.05, 0.1) is 22.6 Å². The van der Waals surface area contributed by atoms with Gasteiger partial charge < -0.3 is 4.42 Å². The van der Waals surface area contributed by atoms with Gasteiger partial charge >= 0.3 is 0 Å². The Hall–Kier alpha value is -3.23. The van der Waals surface area contributed by atoms with Crippen molar-refractivity contribution in [1.29, 1.82) is 0 Å². The number of rotatable bonds is 7. The van der Waals surface area contributed by atoms with Crippen molar-refractivity contribution < 1.29 is 17.6 Å². The number of nitrogens with zero attached hydrogens (tertiary/aromatic N) is 1. The van der Waals surface area contributed by atoms with Crippen LogP contribution in [0.25, 0.3) is 11.3 Å². The zero-order valence-electron chi connectivity index (χ0n) is 17.6. The molecule has 8 heteroatoms. The fraction of sp³-hybridized carbons (Fsp3) is 0.167. The Bertz CT molecular complexity index is 1320. The van der Waals surface area contributed by atoms with Crippen LogP contribution in [0.2, 0.25) is 0 Å². The molecule has 0 aliphatic carbocycles. The number of carbonyl (C=O) groups excluding carboxylic acids is 1. The first-order chi connectivity index (χ1) is 15.3. The molecule has 0 saturated carbocycles. The molecule has 0 saturated heterocycles. The molecule has 2 heterocycles. The minimum absolute atomic E-state index is 0.0351. The average molecular weight is 467 g/mol. The summed E-state index contributed by atoms with van der Waals surface area (Å²) >= 11 is 1.40. The number of sulfone groups is 1. The minimum Gasteiger partial charge on any atom is -0.459 e. The van der Waals surface area contributed by atoms with Gasteiger partial charge in [-0.3, -0.25) is 10.1 Å². The Balaban J connectivity index is 1.58. The molecular weight excluding hydrogens is 444 g/mol. The maximum atomic E-state index is 12.9. The van der Waals surface area contributed by atoms with Crippen LogP contribution in [0, 0.1) is 0 Å². The molecule has 4 aromatic rings. The highest BCUT2D eigenvalue weighted by molar-refractivity contribution is 7.90. The summed E-state index contributed by atoms with van der Waals surface area (Å²) in [6.45, 7) is 4.15. The quantitative estimate of drug-likeness (QED) is 0.374. The number of amides is 1. The lowest BCUT2D eigenvalue weighted by atomic mass is 10.1. The van der Waals surface area contributed by atoms with Crippen LogP contribution in [0.1, 0.15) is 40.8 Å². The number of benzene rings is 2. The first-order valence-corrected chi connectivity index (χ1v) is 12.5. The largest absolute Gasteiger partial charge is 0.459 e. The summed E-state index contributed by atoms with van der Waals surface area (Å²) in [5, 5.41) is 3.21. The molecule has 0 aliphatic heterocycles. The lowest BCUT2D eigenvalue weighted by molar-refractivity contribution is 0.0995. The number of anilines is 1. The van der Waals surface area contributed by atoms with Gasteiger partial charge in [0.25, 0.3) is 5.91 Å². The van der Waals surface area contributed by atoms with E-state index >= 15 is 0 Å². The van der Waals surface area contributed by atoms with Crippen molar-refractivity contribution in [2.45, 2.75) is 30.4 Å². The molecule has 0 spiro atoms. The second kappa shape index (κ2) is 9.10. The topological polar surface area (TPSA) is 89.3 Å². The molecule has 0 radical (unpaired) electrons. The zero-order chi connectivity index (χ0) is 22.7. The Morgan fingerprint density at radius 3 is 2.34 bits per heavy atom. The molecular formula is C24H22N2O4S2. The van der Waals surface area contributed by atoms with E-state index in [1.54, 1.807) is 18.2 Å². The molecule has 32 heavy (non-hydrogen) atoms. The van der Waals surface area contributed by atoms with Gasteiger partial charge in [-0.1, -0.05) is 62.4 Å². The Labute approximate surface area is 190 Å². The summed E-state index contributed by atoms with van der Waals surface area (Å²) in [7, 11) is -3.62. The first kappa shape index (κ1) is 22.0. The lowest BCUT2D eigenvalue weighted by Crippen LogP contribution is -2.14. The van der Waals surface area contributed by atoms with Crippen LogP contribution in [0.4, 0.5) is 5.13 Å². The zero-order valence-corrected chi connectivity index (χ0v) is 19.2. The van der Waals surface area contributed by atoms with E-state index in [2.05, 4.69) is 24.1 Å². The normalized spacial score (nSPS) is 11.6. The molecule has 0 aliphatic rings. The van der Waals surface area contributed by atoms with Crippen molar-refractivity contribution in [2.75, 3.05) is 5.32 Å². The van der Waals surface area contributed by atoms with Crippen LogP contribution in [0.5, 0.6) is 0 Å². The third-order valence-electron chi connectivity index (χ3n) is 4.85. The predicted molar refractivity (Wildman–Crippen MR) is 126 cm³/mol. The van der Waals surface area contributed by atoms with Gasteiger partial charge in [-0.15, -0.1) is 11.3 Å². The van der Waals surface area contributed by atoms with Gasteiger partial charge in [0, 0.05) is 16.0 Å². The monoisotopic (exact) mass is 466 g/mol. The molecule has 6 nitrogen and oxygen atoms in total. The van der Waals surface area contributed by atoms with Gasteiger partial charge in [0.15, 0.2) is 20.7 Å². The maximum absolute atomic E-state index is 12.9. The van der Waals surface area contributed by atoms with Gasteiger partial charge in [-0.05, 0) is 24.1 Å². The van der Waals surface area contributed by atoms with Crippen molar-refractivity contribution in [2.24, 2.45) is 0 Å². The van der Waals surface area contributed by atoms with Gasteiger partial charge in [-0.25, -0.2) is 13.4 Å². The highest BCUT2D eigenvalue weighted by atomic mass is 32.2. The fourth-order valence-corrected chi connectivity index (χ4v) is 5.66.